The van der Waals surface area contributed by atoms with Crippen LogP contribution in [0.25, 0.3) is 11.2 Å². The summed E-state index contributed by atoms with van der Waals surface area (Å²) in [6, 6.07) is 2.10. The average Bonchev–Trinajstić information content (AvgIpc) is 3.26. The summed E-state index contributed by atoms with van der Waals surface area (Å²) in [5.74, 6) is -2.76. The molecule has 2 saturated heterocycles. The molecule has 2 fully saturated rings. The Balaban J connectivity index is 0.000000279. The molecule has 4 rings (SSSR count). The van der Waals surface area contributed by atoms with Crippen molar-refractivity contribution in [1.29, 1.82) is 0 Å². The van der Waals surface area contributed by atoms with Gasteiger partial charge in [0.2, 0.25) is 0 Å². The quantitative estimate of drug-likeness (QED) is 0.391. The topological polar surface area (TPSA) is 127 Å². The Morgan fingerprint density at radius 2 is 1.96 bits per heavy atom. The van der Waals surface area contributed by atoms with Crippen LogP contribution in [0.2, 0.25) is 5.02 Å². The molecule has 0 saturated carbocycles. The number of carboxylic acids is 1. The first-order valence-electron chi connectivity index (χ1n) is 7.66. The first-order valence-corrected chi connectivity index (χ1v) is 9.11. The normalized spacial score (nSPS) is 26.6. The zero-order chi connectivity index (χ0) is 20.6. The fraction of sp³-hybridized carbons (Fsp3) is 0.500. The number of aliphatic hydroxyl groups excluding tert-OH is 1. The Hall–Kier alpha value is -1.42. The minimum absolute atomic E-state index is 0.269. The number of carboxylic acid groups (broad SMARTS) is 1. The van der Waals surface area contributed by atoms with E-state index >= 15 is 0 Å². The number of hydrogen-bond acceptors (Lipinski definition) is 7. The van der Waals surface area contributed by atoms with Crippen LogP contribution in [-0.2, 0) is 14.3 Å². The highest BCUT2D eigenvalue weighted by Crippen LogP contribution is 2.30. The summed E-state index contributed by atoms with van der Waals surface area (Å²) in [6.07, 6.45) is -6.58. The molecule has 2 aromatic rings. The predicted octanol–water partition coefficient (Wildman–Crippen LogP) is 1.76. The maximum absolute atomic E-state index is 10.6. The fourth-order valence-electron chi connectivity index (χ4n) is 2.62. The van der Waals surface area contributed by atoms with Crippen LogP contribution in [0.3, 0.4) is 0 Å². The highest BCUT2D eigenvalue weighted by molar-refractivity contribution is 14.1. The number of aromatic nitrogens is 3. The van der Waals surface area contributed by atoms with Gasteiger partial charge in [-0.15, -0.1) is 0 Å². The lowest BCUT2D eigenvalue weighted by Gasteiger charge is -2.15. The van der Waals surface area contributed by atoms with Gasteiger partial charge in [-0.25, -0.2) is 9.78 Å². The smallest absolute Gasteiger partial charge is 0.475 e. The molecule has 4 atom stereocenters. The molecule has 2 aliphatic heterocycles. The molecule has 0 spiro atoms. The second-order valence-electron chi connectivity index (χ2n) is 5.80. The number of nitrogens with one attached hydrogen (secondary N) is 1. The summed E-state index contributed by atoms with van der Waals surface area (Å²) in [7, 11) is 0. The lowest BCUT2D eigenvalue weighted by molar-refractivity contribution is -0.192. The van der Waals surface area contributed by atoms with Crippen LogP contribution in [0.4, 0.5) is 13.2 Å². The highest BCUT2D eigenvalue weighted by Gasteiger charge is 2.48. The number of carbonyl (C=O) groups is 1. The van der Waals surface area contributed by atoms with Crippen molar-refractivity contribution in [3.8, 4) is 6.01 Å². The number of aliphatic carboxylic acids is 1. The van der Waals surface area contributed by atoms with E-state index in [1.807, 2.05) is 22.6 Å². The summed E-state index contributed by atoms with van der Waals surface area (Å²) < 4.78 is 49.2. The number of rotatable bonds is 2. The van der Waals surface area contributed by atoms with Crippen molar-refractivity contribution in [2.24, 2.45) is 0 Å². The van der Waals surface area contributed by atoms with E-state index in [4.69, 9.17) is 35.7 Å². The highest BCUT2D eigenvalue weighted by atomic mass is 127. The second kappa shape index (κ2) is 8.14. The lowest BCUT2D eigenvalue weighted by atomic mass is 10.1. The number of pyridine rings is 1. The minimum Gasteiger partial charge on any atom is -0.475 e. The van der Waals surface area contributed by atoms with Crippen LogP contribution < -0.4 is 4.74 Å². The van der Waals surface area contributed by atoms with Gasteiger partial charge in [0, 0.05) is 0 Å². The van der Waals surface area contributed by atoms with Crippen molar-refractivity contribution >= 4 is 51.3 Å². The van der Waals surface area contributed by atoms with E-state index in [1.165, 1.54) is 0 Å². The first-order chi connectivity index (χ1) is 13.1. The van der Waals surface area contributed by atoms with Crippen molar-refractivity contribution in [2.45, 2.75) is 30.6 Å². The van der Waals surface area contributed by atoms with E-state index in [9.17, 15) is 18.3 Å². The molecule has 3 N–H and O–H groups in total. The number of fused-ring (bicyclic) bond motifs is 2. The standard InChI is InChI=1S/C12H11ClIN3O4.C2HF3O2/c13-4-1-5-11(16-10(4)14)17-12(15-5)21-7-3-20-8-6(18)2-19-9(7)8;3-2(4,5)1(6)7/h1,6-9,18H,2-3H2,(H,15,16,17);(H,6,7)/t6-,7-,8-,9-;/m1./s1. The molecule has 154 valence electrons. The molecule has 9 nitrogen and oxygen atoms in total. The van der Waals surface area contributed by atoms with Gasteiger partial charge in [0.15, 0.2) is 11.8 Å². The Labute approximate surface area is 173 Å². The van der Waals surface area contributed by atoms with E-state index < -0.39 is 18.2 Å². The third-order valence-corrected chi connectivity index (χ3v) is 5.28. The van der Waals surface area contributed by atoms with Crippen LogP contribution >= 0.6 is 34.2 Å². The molecule has 2 aromatic heterocycles. The van der Waals surface area contributed by atoms with E-state index in [0.717, 1.165) is 0 Å². The Bertz CT molecular complexity index is 843. The van der Waals surface area contributed by atoms with Gasteiger partial charge in [-0.3, -0.25) is 0 Å². The number of aromatic amines is 1. The van der Waals surface area contributed by atoms with Gasteiger partial charge < -0.3 is 29.4 Å². The molecule has 14 heteroatoms. The lowest BCUT2D eigenvalue weighted by Crippen LogP contribution is -2.34. The van der Waals surface area contributed by atoms with Gasteiger partial charge in [-0.05, 0) is 28.7 Å². The minimum atomic E-state index is -5.08. The largest absolute Gasteiger partial charge is 0.490 e. The van der Waals surface area contributed by atoms with Gasteiger partial charge in [0.1, 0.15) is 22.0 Å². The maximum Gasteiger partial charge on any atom is 0.490 e. The summed E-state index contributed by atoms with van der Waals surface area (Å²) >= 11 is 8.08. The SMILES string of the molecule is O=C(O)C(F)(F)F.O[C@@H]1CO[C@H]2[C@@H]1OC[C@H]2Oc1nc2nc(I)c(Cl)cc2[nH]1. The van der Waals surface area contributed by atoms with Crippen LogP contribution in [0.15, 0.2) is 6.07 Å². The number of hydrogen-bond donors (Lipinski definition) is 3. The van der Waals surface area contributed by atoms with Crippen LogP contribution in [0.1, 0.15) is 0 Å². The number of aliphatic hydroxyl groups is 1. The molecule has 0 unspecified atom stereocenters. The van der Waals surface area contributed by atoms with Gasteiger partial charge >= 0.3 is 12.1 Å². The van der Waals surface area contributed by atoms with Crippen molar-refractivity contribution in [1.82, 2.24) is 15.0 Å². The summed E-state index contributed by atoms with van der Waals surface area (Å²) in [5, 5.41) is 17.4. The Morgan fingerprint density at radius 1 is 1.32 bits per heavy atom. The zero-order valence-corrected chi connectivity index (χ0v) is 16.5. The van der Waals surface area contributed by atoms with Crippen LogP contribution in [-0.4, -0.2) is 74.9 Å². The van der Waals surface area contributed by atoms with Crippen molar-refractivity contribution in [3.63, 3.8) is 0 Å². The molecule has 0 aromatic carbocycles. The third-order valence-electron chi connectivity index (χ3n) is 3.85. The van der Waals surface area contributed by atoms with E-state index in [1.54, 1.807) is 6.07 Å². The third kappa shape index (κ3) is 4.59. The number of halogens is 5. The van der Waals surface area contributed by atoms with Gasteiger partial charge in [0.05, 0.1) is 23.8 Å². The monoisotopic (exact) mass is 537 g/mol. The molecule has 0 aliphatic carbocycles. The first kappa shape index (κ1) is 21.3. The maximum atomic E-state index is 10.6. The van der Waals surface area contributed by atoms with Gasteiger partial charge in [-0.1, -0.05) is 11.6 Å². The average molecular weight is 538 g/mol. The molecule has 2 aliphatic rings. The zero-order valence-electron chi connectivity index (χ0n) is 13.6. The summed E-state index contributed by atoms with van der Waals surface area (Å²) in [6.45, 7) is 0.625. The van der Waals surface area contributed by atoms with Crippen molar-refractivity contribution < 1.29 is 42.4 Å². The molecule has 0 radical (unpaired) electrons. The summed E-state index contributed by atoms with van der Waals surface area (Å²) in [5.41, 5.74) is 1.25. The number of ether oxygens (including phenoxy) is 3. The van der Waals surface area contributed by atoms with Crippen LogP contribution in [0, 0.1) is 3.70 Å². The van der Waals surface area contributed by atoms with Crippen molar-refractivity contribution in [2.75, 3.05) is 13.2 Å². The molecule has 28 heavy (non-hydrogen) atoms. The predicted molar refractivity (Wildman–Crippen MR) is 95.2 cm³/mol. The Morgan fingerprint density at radius 3 is 2.61 bits per heavy atom. The van der Waals surface area contributed by atoms with E-state index in [-0.39, 0.29) is 24.9 Å². The van der Waals surface area contributed by atoms with Gasteiger partial charge in [0.25, 0.3) is 6.01 Å². The number of alkyl halides is 3. The van der Waals surface area contributed by atoms with Crippen molar-refractivity contribution in [3.05, 3.63) is 14.8 Å². The Kier molecular flexibility index (Phi) is 6.19. The van der Waals surface area contributed by atoms with E-state index in [0.29, 0.717) is 32.5 Å². The van der Waals surface area contributed by atoms with Crippen LogP contribution in [0.5, 0.6) is 6.01 Å². The molecule has 4 heterocycles. The molecule has 0 bridgehead atoms. The number of H-pyrrole nitrogens is 1. The number of imidazole rings is 1. The fourth-order valence-corrected chi connectivity index (χ4v) is 3.15. The summed E-state index contributed by atoms with van der Waals surface area (Å²) in [4.78, 5) is 20.5. The van der Waals surface area contributed by atoms with E-state index in [2.05, 4.69) is 15.0 Å². The molecule has 0 amide bonds. The molecular formula is C14H12ClF3IN3O6. The molecular weight excluding hydrogens is 526 g/mol. The van der Waals surface area contributed by atoms with Gasteiger partial charge in [-0.2, -0.15) is 18.2 Å². The number of nitrogens with zero attached hydrogens (tertiary/aromatic N) is 2. The second-order valence-corrected chi connectivity index (χ2v) is 7.23.